The van der Waals surface area contributed by atoms with E-state index in [1.165, 1.54) is 11.8 Å². The van der Waals surface area contributed by atoms with E-state index in [0.717, 1.165) is 35.0 Å². The number of benzene rings is 1. The number of carbonyl (C=O) groups is 1. The third-order valence-electron chi connectivity index (χ3n) is 4.33. The van der Waals surface area contributed by atoms with Crippen molar-refractivity contribution in [3.05, 3.63) is 36.0 Å². The van der Waals surface area contributed by atoms with Crippen molar-refractivity contribution in [2.24, 2.45) is 0 Å². The summed E-state index contributed by atoms with van der Waals surface area (Å²) in [6.45, 7) is 6.55. The summed E-state index contributed by atoms with van der Waals surface area (Å²) in [5, 5.41) is 16.2. The van der Waals surface area contributed by atoms with Crippen LogP contribution < -0.4 is 5.32 Å². The molecule has 144 valence electrons. The van der Waals surface area contributed by atoms with Crippen LogP contribution in [0.15, 0.2) is 40.0 Å². The number of nitrogens with one attached hydrogen (secondary N) is 1. The van der Waals surface area contributed by atoms with Crippen LogP contribution in [0.5, 0.6) is 0 Å². The van der Waals surface area contributed by atoms with Crippen LogP contribution in [0.4, 0.5) is 5.88 Å². The van der Waals surface area contributed by atoms with Crippen molar-refractivity contribution in [3.8, 4) is 0 Å². The number of nitrogens with zero attached hydrogens (tertiary/aromatic N) is 5. The van der Waals surface area contributed by atoms with E-state index in [0.29, 0.717) is 16.7 Å². The lowest BCUT2D eigenvalue weighted by atomic mass is 10.2. The van der Waals surface area contributed by atoms with E-state index in [2.05, 4.69) is 38.2 Å². The minimum Gasteiger partial charge on any atom is -0.338 e. The van der Waals surface area contributed by atoms with Crippen LogP contribution in [0.3, 0.4) is 0 Å². The zero-order chi connectivity index (χ0) is 19.7. The van der Waals surface area contributed by atoms with Gasteiger partial charge in [-0.1, -0.05) is 42.0 Å². The molecule has 4 aromatic rings. The van der Waals surface area contributed by atoms with E-state index in [1.54, 1.807) is 19.9 Å². The number of rotatable bonds is 6. The molecule has 0 bridgehead atoms. The van der Waals surface area contributed by atoms with Gasteiger partial charge in [0.25, 0.3) is 0 Å². The summed E-state index contributed by atoms with van der Waals surface area (Å²) in [6, 6.07) is 9.76. The van der Waals surface area contributed by atoms with Gasteiger partial charge in [0.1, 0.15) is 5.52 Å². The molecule has 0 spiro atoms. The minimum absolute atomic E-state index is 0.209. The van der Waals surface area contributed by atoms with Gasteiger partial charge in [-0.15, -0.1) is 10.2 Å². The molecule has 0 aliphatic rings. The fourth-order valence-corrected chi connectivity index (χ4v) is 3.76. The molecule has 3 aromatic heterocycles. The number of carbonyl (C=O) groups excluding carboxylic acids is 1. The Morgan fingerprint density at radius 2 is 2.14 bits per heavy atom. The van der Waals surface area contributed by atoms with Crippen LogP contribution in [0, 0.1) is 6.92 Å². The molecule has 0 radical (unpaired) electrons. The van der Waals surface area contributed by atoms with Gasteiger partial charge in [0.15, 0.2) is 5.65 Å². The smallest absolute Gasteiger partial charge is 0.240 e. The van der Waals surface area contributed by atoms with Gasteiger partial charge in [0, 0.05) is 18.0 Å². The molecular formula is C19H20N6O2S. The highest BCUT2D eigenvalue weighted by molar-refractivity contribution is 8.00. The van der Waals surface area contributed by atoms with Gasteiger partial charge in [-0.05, 0) is 26.3 Å². The molecule has 3 heterocycles. The highest BCUT2D eigenvalue weighted by atomic mass is 32.2. The van der Waals surface area contributed by atoms with Crippen molar-refractivity contribution < 1.29 is 9.32 Å². The standard InChI is InChI=1S/C19H20N6O2S/c1-4-9-25-14-8-6-5-7-13(14)16-17(25)21-19(23-22-16)28-12(3)18(26)20-15-10-11(2)24-27-15/h5-8,10,12H,4,9H2,1-3H3,(H,20,26). The van der Waals surface area contributed by atoms with Crippen LogP contribution in [0.1, 0.15) is 26.0 Å². The zero-order valence-corrected chi connectivity index (χ0v) is 16.7. The molecule has 9 heteroatoms. The molecule has 1 unspecified atom stereocenters. The quantitative estimate of drug-likeness (QED) is 0.495. The maximum absolute atomic E-state index is 12.4. The number of hydrogen-bond acceptors (Lipinski definition) is 7. The number of aromatic nitrogens is 5. The van der Waals surface area contributed by atoms with E-state index in [9.17, 15) is 4.79 Å². The summed E-state index contributed by atoms with van der Waals surface area (Å²) in [7, 11) is 0. The second-order valence-electron chi connectivity index (χ2n) is 6.52. The summed E-state index contributed by atoms with van der Waals surface area (Å²) in [5.74, 6) is 0.117. The highest BCUT2D eigenvalue weighted by Crippen LogP contribution is 2.28. The first-order chi connectivity index (χ1) is 13.6. The average Bonchev–Trinajstić information content (AvgIpc) is 3.23. The van der Waals surface area contributed by atoms with E-state index >= 15 is 0 Å². The lowest BCUT2D eigenvalue weighted by Crippen LogP contribution is -2.22. The lowest BCUT2D eigenvalue weighted by molar-refractivity contribution is -0.115. The molecule has 8 nitrogen and oxygen atoms in total. The SMILES string of the molecule is CCCn1c2ccccc2c2nnc(SC(C)C(=O)Nc3cc(C)no3)nc21. The summed E-state index contributed by atoms with van der Waals surface area (Å²) >= 11 is 1.26. The number of fused-ring (bicyclic) bond motifs is 3. The third-order valence-corrected chi connectivity index (χ3v) is 5.28. The zero-order valence-electron chi connectivity index (χ0n) is 15.8. The number of aryl methyl sites for hydroxylation is 2. The van der Waals surface area contributed by atoms with Gasteiger partial charge in [0.05, 0.1) is 16.5 Å². The highest BCUT2D eigenvalue weighted by Gasteiger charge is 2.20. The molecule has 1 N–H and O–H groups in total. The molecule has 4 rings (SSSR count). The maximum atomic E-state index is 12.4. The first-order valence-electron chi connectivity index (χ1n) is 9.09. The first-order valence-corrected chi connectivity index (χ1v) is 9.97. The van der Waals surface area contributed by atoms with Gasteiger partial charge in [-0.2, -0.15) is 0 Å². The van der Waals surface area contributed by atoms with Crippen molar-refractivity contribution in [2.45, 2.75) is 44.1 Å². The van der Waals surface area contributed by atoms with E-state index in [-0.39, 0.29) is 5.91 Å². The Bertz CT molecular complexity index is 1150. The molecule has 0 fully saturated rings. The predicted molar refractivity (Wildman–Crippen MR) is 108 cm³/mol. The van der Waals surface area contributed by atoms with Crippen molar-refractivity contribution in [3.63, 3.8) is 0 Å². The Morgan fingerprint density at radius 3 is 2.89 bits per heavy atom. The Labute approximate surface area is 165 Å². The minimum atomic E-state index is -0.423. The van der Waals surface area contributed by atoms with Gasteiger partial charge in [-0.25, -0.2) is 4.98 Å². The second-order valence-corrected chi connectivity index (χ2v) is 7.83. The molecular weight excluding hydrogens is 376 g/mol. The normalized spacial score (nSPS) is 12.5. The topological polar surface area (TPSA) is 98.7 Å². The molecule has 1 aromatic carbocycles. The van der Waals surface area contributed by atoms with Gasteiger partial charge < -0.3 is 9.09 Å². The third kappa shape index (κ3) is 3.45. The second kappa shape index (κ2) is 7.59. The summed E-state index contributed by atoms with van der Waals surface area (Å²) < 4.78 is 7.19. The van der Waals surface area contributed by atoms with Crippen LogP contribution in [-0.2, 0) is 11.3 Å². The number of thioether (sulfide) groups is 1. The van der Waals surface area contributed by atoms with Gasteiger partial charge in [-0.3, -0.25) is 10.1 Å². The molecule has 0 saturated heterocycles. The Kier molecular flexibility index (Phi) is 4.99. The molecule has 0 aliphatic carbocycles. The van der Waals surface area contributed by atoms with E-state index in [4.69, 9.17) is 9.51 Å². The van der Waals surface area contributed by atoms with Crippen molar-refractivity contribution in [2.75, 3.05) is 5.32 Å². The summed E-state index contributed by atoms with van der Waals surface area (Å²) in [5.41, 5.74) is 3.37. The maximum Gasteiger partial charge on any atom is 0.240 e. The average molecular weight is 396 g/mol. The van der Waals surface area contributed by atoms with Gasteiger partial charge in [0.2, 0.25) is 16.9 Å². The fraction of sp³-hybridized carbons (Fsp3) is 0.316. The van der Waals surface area contributed by atoms with E-state index in [1.807, 2.05) is 18.2 Å². The molecule has 1 amide bonds. The molecule has 0 saturated carbocycles. The van der Waals surface area contributed by atoms with Crippen LogP contribution >= 0.6 is 11.8 Å². The monoisotopic (exact) mass is 396 g/mol. The predicted octanol–water partition coefficient (Wildman–Crippen LogP) is 3.81. The largest absolute Gasteiger partial charge is 0.338 e. The van der Waals surface area contributed by atoms with Crippen LogP contribution in [-0.4, -0.2) is 36.1 Å². The Balaban J connectivity index is 1.61. The van der Waals surface area contributed by atoms with Crippen LogP contribution in [0.2, 0.25) is 0 Å². The molecule has 28 heavy (non-hydrogen) atoms. The number of amides is 1. The fourth-order valence-electron chi connectivity index (χ4n) is 3.05. The summed E-state index contributed by atoms with van der Waals surface area (Å²) in [6.07, 6.45) is 0.982. The van der Waals surface area contributed by atoms with Crippen molar-refractivity contribution >= 4 is 45.6 Å². The molecule has 0 aliphatic heterocycles. The van der Waals surface area contributed by atoms with Gasteiger partial charge >= 0.3 is 0 Å². The van der Waals surface area contributed by atoms with Crippen molar-refractivity contribution in [1.82, 2.24) is 24.9 Å². The number of para-hydroxylation sites is 1. The Morgan fingerprint density at radius 1 is 1.32 bits per heavy atom. The van der Waals surface area contributed by atoms with E-state index < -0.39 is 5.25 Å². The first kappa shape index (κ1) is 18.4. The number of hydrogen-bond donors (Lipinski definition) is 1. The van der Waals surface area contributed by atoms with Crippen LogP contribution in [0.25, 0.3) is 22.1 Å². The molecule has 1 atom stereocenters. The number of anilines is 1. The Hall–Kier alpha value is -2.94. The van der Waals surface area contributed by atoms with Crippen molar-refractivity contribution in [1.29, 1.82) is 0 Å². The lowest BCUT2D eigenvalue weighted by Gasteiger charge is -2.09. The summed E-state index contributed by atoms with van der Waals surface area (Å²) in [4.78, 5) is 17.1.